The zero-order chi connectivity index (χ0) is 10.8. The van der Waals surface area contributed by atoms with Gasteiger partial charge in [-0.3, -0.25) is 10.2 Å². The van der Waals surface area contributed by atoms with E-state index in [1.807, 2.05) is 0 Å². The fourth-order valence-corrected chi connectivity index (χ4v) is 1.48. The third-order valence-electron chi connectivity index (χ3n) is 1.68. The second-order valence-corrected chi connectivity index (χ2v) is 3.97. The summed E-state index contributed by atoms with van der Waals surface area (Å²) in [6.45, 7) is 0. The van der Waals surface area contributed by atoms with Crippen LogP contribution in [0.4, 0.5) is 11.6 Å². The van der Waals surface area contributed by atoms with Crippen molar-refractivity contribution in [1.29, 1.82) is 0 Å². The summed E-state index contributed by atoms with van der Waals surface area (Å²) in [6.07, 6.45) is 0. The van der Waals surface area contributed by atoms with Crippen LogP contribution in [-0.2, 0) is 0 Å². The third-order valence-corrected chi connectivity index (χ3v) is 2.62. The summed E-state index contributed by atoms with van der Waals surface area (Å²) in [5.41, 5.74) is 0.780. The summed E-state index contributed by atoms with van der Waals surface area (Å²) in [5.74, 6) is 0.526. The van der Waals surface area contributed by atoms with Gasteiger partial charge < -0.3 is 5.32 Å². The number of H-pyrrole nitrogens is 2. The molecular weight excluding hydrogens is 255 g/mol. The number of nitrogens with one attached hydrogen (secondary N) is 3. The second kappa shape index (κ2) is 4.22. The standard InChI is InChI=1S/C8H6Cl2N4S/c9-5-2-1-4(3-6(5)10)11-7-12-8(15)14-13-7/h1-3H,(H3,11,12,13,14,15). The molecule has 0 unspecified atom stereocenters. The van der Waals surface area contributed by atoms with Crippen LogP contribution in [0.3, 0.4) is 0 Å². The van der Waals surface area contributed by atoms with E-state index in [2.05, 4.69) is 20.5 Å². The van der Waals surface area contributed by atoms with Crippen molar-refractivity contribution in [3.8, 4) is 0 Å². The average Bonchev–Trinajstić information content (AvgIpc) is 2.58. The summed E-state index contributed by atoms with van der Waals surface area (Å²) < 4.78 is 0.387. The number of rotatable bonds is 2. The zero-order valence-electron chi connectivity index (χ0n) is 7.34. The summed E-state index contributed by atoms with van der Waals surface area (Å²) in [7, 11) is 0. The maximum atomic E-state index is 5.85. The number of aromatic amines is 2. The van der Waals surface area contributed by atoms with Gasteiger partial charge >= 0.3 is 0 Å². The molecule has 0 spiro atoms. The van der Waals surface area contributed by atoms with Crippen molar-refractivity contribution in [1.82, 2.24) is 15.2 Å². The van der Waals surface area contributed by atoms with Gasteiger partial charge in [-0.2, -0.15) is 4.98 Å². The van der Waals surface area contributed by atoms with Crippen LogP contribution in [-0.4, -0.2) is 15.2 Å². The Morgan fingerprint density at radius 3 is 2.60 bits per heavy atom. The van der Waals surface area contributed by atoms with Crippen LogP contribution in [0.25, 0.3) is 0 Å². The molecule has 0 saturated carbocycles. The maximum Gasteiger partial charge on any atom is 0.222 e. The molecule has 4 nitrogen and oxygen atoms in total. The van der Waals surface area contributed by atoms with Gasteiger partial charge in [-0.05, 0) is 30.4 Å². The predicted octanol–water partition coefficient (Wildman–Crippen LogP) is 3.52. The van der Waals surface area contributed by atoms with E-state index in [9.17, 15) is 0 Å². The van der Waals surface area contributed by atoms with Crippen LogP contribution in [0, 0.1) is 4.77 Å². The van der Waals surface area contributed by atoms with Crippen LogP contribution in [0.15, 0.2) is 18.2 Å². The third kappa shape index (κ3) is 2.50. The second-order valence-electron chi connectivity index (χ2n) is 2.77. The molecular formula is C8H6Cl2N4S. The Morgan fingerprint density at radius 2 is 2.00 bits per heavy atom. The summed E-state index contributed by atoms with van der Waals surface area (Å²) in [4.78, 5) is 3.97. The Kier molecular flexibility index (Phi) is 2.95. The van der Waals surface area contributed by atoms with E-state index in [-0.39, 0.29) is 0 Å². The van der Waals surface area contributed by atoms with Crippen LogP contribution in [0.1, 0.15) is 0 Å². The van der Waals surface area contributed by atoms with E-state index < -0.39 is 0 Å². The molecule has 1 aromatic heterocycles. The number of hydrogen-bond acceptors (Lipinski definition) is 3. The Balaban J connectivity index is 2.24. The van der Waals surface area contributed by atoms with E-state index in [1.54, 1.807) is 18.2 Å². The Hall–Kier alpha value is -1.04. The number of hydrogen-bond donors (Lipinski definition) is 3. The molecule has 0 aliphatic heterocycles. The number of anilines is 2. The van der Waals surface area contributed by atoms with Gasteiger partial charge in [0, 0.05) is 5.69 Å². The number of aromatic nitrogens is 3. The fraction of sp³-hybridized carbons (Fsp3) is 0. The summed E-state index contributed by atoms with van der Waals surface area (Å²) in [5, 5.41) is 9.41. The van der Waals surface area contributed by atoms with Crippen LogP contribution in [0.5, 0.6) is 0 Å². The molecule has 1 aromatic carbocycles. The first kappa shape index (κ1) is 10.5. The molecule has 0 radical (unpaired) electrons. The van der Waals surface area contributed by atoms with Gasteiger partial charge in [0.2, 0.25) is 10.7 Å². The van der Waals surface area contributed by atoms with Crippen LogP contribution >= 0.6 is 35.4 Å². The highest BCUT2D eigenvalue weighted by atomic mass is 35.5. The molecule has 78 valence electrons. The topological polar surface area (TPSA) is 56.5 Å². The molecule has 15 heavy (non-hydrogen) atoms. The van der Waals surface area contributed by atoms with Crippen molar-refractivity contribution in [2.24, 2.45) is 0 Å². The predicted molar refractivity (Wildman–Crippen MR) is 63.5 cm³/mol. The van der Waals surface area contributed by atoms with Gasteiger partial charge in [0.1, 0.15) is 0 Å². The van der Waals surface area contributed by atoms with Crippen molar-refractivity contribution in [3.05, 3.63) is 33.0 Å². The number of halogens is 2. The van der Waals surface area contributed by atoms with E-state index in [1.165, 1.54) is 0 Å². The lowest BCUT2D eigenvalue weighted by Crippen LogP contribution is -1.92. The lowest BCUT2D eigenvalue weighted by atomic mass is 10.3. The van der Waals surface area contributed by atoms with Crippen molar-refractivity contribution in [2.75, 3.05) is 5.32 Å². The van der Waals surface area contributed by atoms with E-state index in [4.69, 9.17) is 35.4 Å². The molecule has 0 saturated heterocycles. The van der Waals surface area contributed by atoms with Crippen molar-refractivity contribution in [3.63, 3.8) is 0 Å². The minimum absolute atomic E-state index is 0.387. The summed E-state index contributed by atoms with van der Waals surface area (Å²) in [6, 6.07) is 5.20. The van der Waals surface area contributed by atoms with Gasteiger partial charge in [-0.25, -0.2) is 0 Å². The van der Waals surface area contributed by atoms with Gasteiger partial charge in [-0.15, -0.1) is 0 Å². The van der Waals surface area contributed by atoms with Crippen molar-refractivity contribution in [2.45, 2.75) is 0 Å². The molecule has 0 aliphatic carbocycles. The molecule has 0 amide bonds. The highest BCUT2D eigenvalue weighted by molar-refractivity contribution is 7.71. The largest absolute Gasteiger partial charge is 0.325 e. The lowest BCUT2D eigenvalue weighted by molar-refractivity contribution is 1.08. The highest BCUT2D eigenvalue weighted by Gasteiger charge is 2.01. The molecule has 0 fully saturated rings. The van der Waals surface area contributed by atoms with E-state index in [0.29, 0.717) is 20.8 Å². The van der Waals surface area contributed by atoms with E-state index in [0.717, 1.165) is 5.69 Å². The molecule has 2 aromatic rings. The first-order valence-electron chi connectivity index (χ1n) is 4.02. The Labute approximate surface area is 101 Å². The Bertz CT molecular complexity index is 533. The molecule has 0 aliphatic rings. The number of benzene rings is 1. The number of nitrogens with zero attached hydrogens (tertiary/aromatic N) is 1. The fourth-order valence-electron chi connectivity index (χ4n) is 1.04. The smallest absolute Gasteiger partial charge is 0.222 e. The molecule has 1 heterocycles. The highest BCUT2D eigenvalue weighted by Crippen LogP contribution is 2.25. The van der Waals surface area contributed by atoms with Gasteiger partial charge in [0.05, 0.1) is 10.0 Å². The van der Waals surface area contributed by atoms with Crippen LogP contribution in [0.2, 0.25) is 10.0 Å². The van der Waals surface area contributed by atoms with Gasteiger partial charge in [-0.1, -0.05) is 23.2 Å². The van der Waals surface area contributed by atoms with Crippen molar-refractivity contribution < 1.29 is 0 Å². The van der Waals surface area contributed by atoms with Gasteiger partial charge in [0.25, 0.3) is 0 Å². The monoisotopic (exact) mass is 260 g/mol. The average molecular weight is 261 g/mol. The van der Waals surface area contributed by atoms with E-state index >= 15 is 0 Å². The quantitative estimate of drug-likeness (QED) is 0.725. The first-order valence-corrected chi connectivity index (χ1v) is 5.18. The van der Waals surface area contributed by atoms with Gasteiger partial charge in [0.15, 0.2) is 0 Å². The Morgan fingerprint density at radius 1 is 1.20 bits per heavy atom. The maximum absolute atomic E-state index is 5.85. The van der Waals surface area contributed by atoms with Crippen LogP contribution < -0.4 is 5.32 Å². The minimum atomic E-state index is 0.387. The zero-order valence-corrected chi connectivity index (χ0v) is 9.67. The minimum Gasteiger partial charge on any atom is -0.325 e. The lowest BCUT2D eigenvalue weighted by Gasteiger charge is -2.03. The summed E-state index contributed by atoms with van der Waals surface area (Å²) >= 11 is 16.4. The normalized spacial score (nSPS) is 10.3. The SMILES string of the molecule is S=c1nc(Nc2ccc(Cl)c(Cl)c2)[nH][nH]1. The molecule has 7 heteroatoms. The molecule has 3 N–H and O–H groups in total. The first-order chi connectivity index (χ1) is 7.15. The van der Waals surface area contributed by atoms with Crippen molar-refractivity contribution >= 4 is 47.1 Å². The molecule has 0 atom stereocenters. The molecule has 0 bridgehead atoms. The molecule has 2 rings (SSSR count).